The standard InChI is InChI=1S/C15H25N3O4S/c1-11-14(12(2)22-17-11)6-7-15(19)16-9-13-5-4-8-18(10-13)23(3,20)21/h13H,4-10H2,1-3H3,(H,16,19). The molecule has 1 aromatic rings. The Morgan fingerprint density at radius 1 is 1.43 bits per heavy atom. The first-order chi connectivity index (χ1) is 10.8. The van der Waals surface area contributed by atoms with Gasteiger partial charge in [-0.15, -0.1) is 0 Å². The SMILES string of the molecule is Cc1noc(C)c1CCC(=O)NCC1CCCN(S(C)(=O)=O)C1. The van der Waals surface area contributed by atoms with Gasteiger partial charge in [0.15, 0.2) is 0 Å². The molecule has 1 aliphatic heterocycles. The summed E-state index contributed by atoms with van der Waals surface area (Å²) in [5.41, 5.74) is 1.81. The molecule has 0 radical (unpaired) electrons. The van der Waals surface area contributed by atoms with Crippen LogP contribution in [0.3, 0.4) is 0 Å². The van der Waals surface area contributed by atoms with Crippen molar-refractivity contribution >= 4 is 15.9 Å². The molecule has 8 heteroatoms. The highest BCUT2D eigenvalue weighted by Gasteiger charge is 2.26. The minimum Gasteiger partial charge on any atom is -0.361 e. The van der Waals surface area contributed by atoms with Gasteiger partial charge in [0.1, 0.15) is 5.76 Å². The van der Waals surface area contributed by atoms with E-state index in [1.54, 1.807) is 0 Å². The molecule has 23 heavy (non-hydrogen) atoms. The van der Waals surface area contributed by atoms with Crippen LogP contribution in [0.2, 0.25) is 0 Å². The predicted octanol–water partition coefficient (Wildman–Crippen LogP) is 1.01. The predicted molar refractivity (Wildman–Crippen MR) is 86.4 cm³/mol. The van der Waals surface area contributed by atoms with Gasteiger partial charge in [0.05, 0.1) is 11.9 Å². The van der Waals surface area contributed by atoms with Gasteiger partial charge in [-0.3, -0.25) is 4.79 Å². The molecule has 0 spiro atoms. The van der Waals surface area contributed by atoms with E-state index in [1.807, 2.05) is 13.8 Å². The van der Waals surface area contributed by atoms with E-state index in [-0.39, 0.29) is 11.8 Å². The first-order valence-electron chi connectivity index (χ1n) is 7.91. The number of aryl methyl sites for hydroxylation is 2. The molecule has 1 unspecified atom stereocenters. The minimum atomic E-state index is -3.14. The van der Waals surface area contributed by atoms with Gasteiger partial charge in [-0.1, -0.05) is 5.16 Å². The molecule has 1 aromatic heterocycles. The van der Waals surface area contributed by atoms with E-state index in [1.165, 1.54) is 10.6 Å². The Balaban J connectivity index is 1.76. The van der Waals surface area contributed by atoms with Crippen molar-refractivity contribution < 1.29 is 17.7 Å². The normalized spacial score (nSPS) is 19.7. The van der Waals surface area contributed by atoms with Gasteiger partial charge in [-0.2, -0.15) is 0 Å². The maximum atomic E-state index is 12.0. The highest BCUT2D eigenvalue weighted by molar-refractivity contribution is 7.88. The molecule has 1 atom stereocenters. The molecule has 1 fully saturated rings. The lowest BCUT2D eigenvalue weighted by molar-refractivity contribution is -0.121. The van der Waals surface area contributed by atoms with Gasteiger partial charge in [-0.25, -0.2) is 12.7 Å². The summed E-state index contributed by atoms with van der Waals surface area (Å²) in [4.78, 5) is 12.0. The number of hydrogen-bond donors (Lipinski definition) is 1. The summed E-state index contributed by atoms with van der Waals surface area (Å²) < 4.78 is 29.8. The molecular weight excluding hydrogens is 318 g/mol. The van der Waals surface area contributed by atoms with Crippen LogP contribution in [-0.4, -0.2) is 49.7 Å². The molecule has 7 nitrogen and oxygen atoms in total. The van der Waals surface area contributed by atoms with Crippen LogP contribution in [0.1, 0.15) is 36.3 Å². The number of hydrogen-bond acceptors (Lipinski definition) is 5. The van der Waals surface area contributed by atoms with Crippen molar-refractivity contribution in [3.8, 4) is 0 Å². The zero-order chi connectivity index (χ0) is 17.0. The first-order valence-corrected chi connectivity index (χ1v) is 9.75. The van der Waals surface area contributed by atoms with E-state index in [4.69, 9.17) is 4.52 Å². The summed E-state index contributed by atoms with van der Waals surface area (Å²) in [6.45, 7) is 5.30. The van der Waals surface area contributed by atoms with Crippen LogP contribution in [0.4, 0.5) is 0 Å². The zero-order valence-electron chi connectivity index (χ0n) is 14.0. The van der Waals surface area contributed by atoms with Gasteiger partial charge in [-0.05, 0) is 39.0 Å². The molecular formula is C15H25N3O4S. The molecule has 1 amide bonds. The number of carbonyl (C=O) groups is 1. The van der Waals surface area contributed by atoms with E-state index in [0.29, 0.717) is 32.5 Å². The second kappa shape index (κ2) is 7.44. The van der Waals surface area contributed by atoms with E-state index in [9.17, 15) is 13.2 Å². The maximum Gasteiger partial charge on any atom is 0.220 e. The van der Waals surface area contributed by atoms with Crippen LogP contribution in [0, 0.1) is 19.8 Å². The molecule has 0 saturated carbocycles. The fourth-order valence-electron chi connectivity index (χ4n) is 2.94. The summed E-state index contributed by atoms with van der Waals surface area (Å²) in [5, 5.41) is 6.79. The molecule has 0 bridgehead atoms. The van der Waals surface area contributed by atoms with Crippen molar-refractivity contribution in [3.05, 3.63) is 17.0 Å². The molecule has 0 aromatic carbocycles. The van der Waals surface area contributed by atoms with Gasteiger partial charge < -0.3 is 9.84 Å². The monoisotopic (exact) mass is 343 g/mol. The second-order valence-electron chi connectivity index (χ2n) is 6.24. The molecule has 0 aliphatic carbocycles. The summed E-state index contributed by atoms with van der Waals surface area (Å²) >= 11 is 0. The number of nitrogens with zero attached hydrogens (tertiary/aromatic N) is 2. The fraction of sp³-hybridized carbons (Fsp3) is 0.733. The first kappa shape index (κ1) is 17.9. The Kier molecular flexibility index (Phi) is 5.80. The zero-order valence-corrected chi connectivity index (χ0v) is 14.8. The highest BCUT2D eigenvalue weighted by atomic mass is 32.2. The lowest BCUT2D eigenvalue weighted by Gasteiger charge is -2.30. The summed E-state index contributed by atoms with van der Waals surface area (Å²) in [5.74, 6) is 0.911. The molecule has 1 saturated heterocycles. The number of nitrogens with one attached hydrogen (secondary N) is 1. The number of aromatic nitrogens is 1. The van der Waals surface area contributed by atoms with Crippen LogP contribution < -0.4 is 5.32 Å². The Bertz CT molecular complexity index is 634. The second-order valence-corrected chi connectivity index (χ2v) is 8.22. The van der Waals surface area contributed by atoms with Gasteiger partial charge in [0, 0.05) is 31.6 Å². The highest BCUT2D eigenvalue weighted by Crippen LogP contribution is 2.18. The quantitative estimate of drug-likeness (QED) is 0.832. The third-order valence-electron chi connectivity index (χ3n) is 4.32. The van der Waals surface area contributed by atoms with Crippen molar-refractivity contribution in [2.75, 3.05) is 25.9 Å². The fourth-order valence-corrected chi connectivity index (χ4v) is 3.88. The van der Waals surface area contributed by atoms with Crippen molar-refractivity contribution in [2.24, 2.45) is 5.92 Å². The Morgan fingerprint density at radius 3 is 2.78 bits per heavy atom. The van der Waals surface area contributed by atoms with E-state index in [2.05, 4.69) is 10.5 Å². The topological polar surface area (TPSA) is 92.5 Å². The summed E-state index contributed by atoms with van der Waals surface area (Å²) in [6.07, 6.45) is 4.00. The maximum absolute atomic E-state index is 12.0. The average Bonchev–Trinajstić information content (AvgIpc) is 2.81. The number of carbonyl (C=O) groups excluding carboxylic acids is 1. The van der Waals surface area contributed by atoms with Crippen LogP contribution in [0.5, 0.6) is 0 Å². The third-order valence-corrected chi connectivity index (χ3v) is 5.59. The lowest BCUT2D eigenvalue weighted by atomic mass is 9.99. The van der Waals surface area contributed by atoms with Crippen molar-refractivity contribution in [3.63, 3.8) is 0 Å². The van der Waals surface area contributed by atoms with E-state index >= 15 is 0 Å². The van der Waals surface area contributed by atoms with E-state index < -0.39 is 10.0 Å². The van der Waals surface area contributed by atoms with Crippen LogP contribution in [0.25, 0.3) is 0 Å². The Hall–Kier alpha value is -1.41. The number of amides is 1. The van der Waals surface area contributed by atoms with E-state index in [0.717, 1.165) is 29.9 Å². The summed E-state index contributed by atoms with van der Waals surface area (Å²) in [6, 6.07) is 0. The number of rotatable bonds is 6. The molecule has 130 valence electrons. The van der Waals surface area contributed by atoms with Crippen LogP contribution in [-0.2, 0) is 21.2 Å². The van der Waals surface area contributed by atoms with Crippen LogP contribution >= 0.6 is 0 Å². The van der Waals surface area contributed by atoms with Gasteiger partial charge in [0.25, 0.3) is 0 Å². The Labute approximate surface area is 137 Å². The number of piperidine rings is 1. The third kappa shape index (κ3) is 5.04. The largest absolute Gasteiger partial charge is 0.361 e. The smallest absolute Gasteiger partial charge is 0.220 e. The average molecular weight is 343 g/mol. The molecule has 2 rings (SSSR count). The minimum absolute atomic E-state index is 0.0264. The van der Waals surface area contributed by atoms with Crippen molar-refractivity contribution in [1.82, 2.24) is 14.8 Å². The summed E-state index contributed by atoms with van der Waals surface area (Å²) in [7, 11) is -3.14. The van der Waals surface area contributed by atoms with Gasteiger partial charge in [0.2, 0.25) is 15.9 Å². The van der Waals surface area contributed by atoms with Crippen LogP contribution in [0.15, 0.2) is 4.52 Å². The molecule has 1 N–H and O–H groups in total. The number of sulfonamides is 1. The molecule has 1 aliphatic rings. The van der Waals surface area contributed by atoms with Crippen molar-refractivity contribution in [2.45, 2.75) is 39.5 Å². The molecule has 2 heterocycles. The van der Waals surface area contributed by atoms with Crippen molar-refractivity contribution in [1.29, 1.82) is 0 Å². The lowest BCUT2D eigenvalue weighted by Crippen LogP contribution is -2.43. The van der Waals surface area contributed by atoms with Gasteiger partial charge >= 0.3 is 0 Å². The Morgan fingerprint density at radius 2 is 2.17 bits per heavy atom.